The Balaban J connectivity index is 1.94. The Hall–Kier alpha value is -2.24. The molecule has 0 unspecified atom stereocenters. The quantitative estimate of drug-likeness (QED) is 0.486. The molecule has 0 amide bonds. The number of terminal acetylenes is 1. The molecule has 2 heterocycles. The van der Waals surface area contributed by atoms with Gasteiger partial charge in [0.2, 0.25) is 0 Å². The summed E-state index contributed by atoms with van der Waals surface area (Å²) in [4.78, 5) is 14.3. The number of halogens is 1. The molecule has 25 heavy (non-hydrogen) atoms. The highest BCUT2D eigenvalue weighted by atomic mass is 79.9. The molecule has 0 radical (unpaired) electrons. The molecule has 6 nitrogen and oxygen atoms in total. The number of unbranched alkanes of at least 4 members (excludes halogenated alkanes) is 1. The Kier molecular flexibility index (Phi) is 5.46. The molecule has 0 spiro atoms. The third-order valence-corrected chi connectivity index (χ3v) is 4.92. The molecule has 1 aromatic rings. The lowest BCUT2D eigenvalue weighted by Gasteiger charge is -2.09. The zero-order valence-corrected chi connectivity index (χ0v) is 16.0. The number of imidazole rings is 1. The molecule has 2 N–H and O–H groups in total. The molecule has 0 bridgehead atoms. The number of fused-ring (bicyclic) bond motifs is 1. The smallest absolute Gasteiger partial charge is 0.195 e. The first-order valence-corrected chi connectivity index (χ1v) is 9.16. The SMILES string of the molecule is C#CCCCn1cnc(N)c2nc(Sc3cc(Br)ccc3OC)nc1-2. The van der Waals surface area contributed by atoms with E-state index in [0.717, 1.165) is 28.1 Å². The summed E-state index contributed by atoms with van der Waals surface area (Å²) in [7, 11) is 1.64. The van der Waals surface area contributed by atoms with Crippen molar-refractivity contribution in [3.8, 4) is 29.6 Å². The van der Waals surface area contributed by atoms with Crippen LogP contribution in [0.5, 0.6) is 5.75 Å². The summed E-state index contributed by atoms with van der Waals surface area (Å²) >= 11 is 4.89. The fourth-order valence-electron chi connectivity index (χ4n) is 2.32. The molecule has 0 aromatic heterocycles. The number of hydrogen-bond acceptors (Lipinski definition) is 6. The zero-order chi connectivity index (χ0) is 17.8. The predicted molar refractivity (Wildman–Crippen MR) is 102 cm³/mol. The first-order chi connectivity index (χ1) is 12.1. The normalized spacial score (nSPS) is 10.8. The molecule has 0 aliphatic carbocycles. The Morgan fingerprint density at radius 2 is 2.24 bits per heavy atom. The lowest BCUT2D eigenvalue weighted by Crippen LogP contribution is -2.08. The molecule has 0 saturated heterocycles. The van der Waals surface area contributed by atoms with Gasteiger partial charge in [-0.25, -0.2) is 15.0 Å². The van der Waals surface area contributed by atoms with Gasteiger partial charge in [-0.15, -0.1) is 12.3 Å². The van der Waals surface area contributed by atoms with Gasteiger partial charge >= 0.3 is 0 Å². The lowest BCUT2D eigenvalue weighted by molar-refractivity contribution is 0.404. The predicted octanol–water partition coefficient (Wildman–Crippen LogP) is 3.70. The number of nitrogens with two attached hydrogens (primary N) is 1. The van der Waals surface area contributed by atoms with E-state index in [1.165, 1.54) is 11.8 Å². The van der Waals surface area contributed by atoms with Gasteiger partial charge in [-0.05, 0) is 36.4 Å². The Bertz CT molecular complexity index is 905. The van der Waals surface area contributed by atoms with Crippen molar-refractivity contribution in [3.63, 3.8) is 0 Å². The average Bonchev–Trinajstić information content (AvgIpc) is 3.02. The van der Waals surface area contributed by atoms with E-state index in [1.54, 1.807) is 13.4 Å². The van der Waals surface area contributed by atoms with Gasteiger partial charge in [-0.2, -0.15) is 0 Å². The highest BCUT2D eigenvalue weighted by molar-refractivity contribution is 9.10. The van der Waals surface area contributed by atoms with Crippen LogP contribution in [0.4, 0.5) is 5.82 Å². The molecular weight excluding hydrogens is 402 g/mol. The molecule has 0 atom stereocenters. The van der Waals surface area contributed by atoms with Crippen LogP contribution in [0.2, 0.25) is 0 Å². The second kappa shape index (κ2) is 7.76. The minimum Gasteiger partial charge on any atom is -0.496 e. The van der Waals surface area contributed by atoms with Crippen molar-refractivity contribution in [1.29, 1.82) is 0 Å². The number of methoxy groups -OCH3 is 1. The Labute approximate surface area is 158 Å². The van der Waals surface area contributed by atoms with E-state index in [1.807, 2.05) is 22.8 Å². The maximum absolute atomic E-state index is 5.97. The second-order valence-corrected chi connectivity index (χ2v) is 7.13. The molecule has 8 heteroatoms. The number of ether oxygens (including phenoxy) is 1. The van der Waals surface area contributed by atoms with Crippen LogP contribution >= 0.6 is 27.7 Å². The number of nitrogens with zero attached hydrogens (tertiary/aromatic N) is 4. The lowest BCUT2D eigenvalue weighted by atomic mass is 10.3. The van der Waals surface area contributed by atoms with Gasteiger partial charge in [-0.3, -0.25) is 0 Å². The number of anilines is 1. The van der Waals surface area contributed by atoms with Crippen molar-refractivity contribution in [2.75, 3.05) is 12.8 Å². The maximum atomic E-state index is 5.97. The number of benzene rings is 1. The van der Waals surface area contributed by atoms with Gasteiger partial charge in [0.05, 0.1) is 18.3 Å². The highest BCUT2D eigenvalue weighted by Gasteiger charge is 2.20. The second-order valence-electron chi connectivity index (χ2n) is 5.21. The van der Waals surface area contributed by atoms with Crippen molar-refractivity contribution in [2.24, 2.45) is 0 Å². The number of nitrogen functional groups attached to an aromatic ring is 1. The van der Waals surface area contributed by atoms with Gasteiger partial charge in [0.1, 0.15) is 5.75 Å². The molecule has 3 rings (SSSR count). The van der Waals surface area contributed by atoms with Crippen LogP contribution in [-0.4, -0.2) is 26.6 Å². The van der Waals surface area contributed by atoms with Gasteiger partial charge in [-0.1, -0.05) is 15.9 Å². The number of hydrogen-bond donors (Lipinski definition) is 1. The summed E-state index contributed by atoms with van der Waals surface area (Å²) in [6, 6.07) is 5.78. The topological polar surface area (TPSA) is 78.9 Å². The molecule has 2 aliphatic rings. The minimum atomic E-state index is 0.365. The van der Waals surface area contributed by atoms with Crippen LogP contribution in [-0.2, 0) is 6.54 Å². The number of aryl methyl sites for hydroxylation is 1. The Morgan fingerprint density at radius 1 is 1.40 bits per heavy atom. The van der Waals surface area contributed by atoms with Gasteiger partial charge in [0, 0.05) is 17.4 Å². The van der Waals surface area contributed by atoms with E-state index in [0.29, 0.717) is 28.9 Å². The van der Waals surface area contributed by atoms with E-state index in [-0.39, 0.29) is 0 Å². The van der Waals surface area contributed by atoms with E-state index in [2.05, 4.69) is 36.8 Å². The number of rotatable bonds is 6. The van der Waals surface area contributed by atoms with Crippen LogP contribution < -0.4 is 10.5 Å². The van der Waals surface area contributed by atoms with Crippen molar-refractivity contribution in [1.82, 2.24) is 19.5 Å². The largest absolute Gasteiger partial charge is 0.496 e. The van der Waals surface area contributed by atoms with Crippen LogP contribution in [0.15, 0.2) is 39.1 Å². The van der Waals surface area contributed by atoms with Crippen LogP contribution in [0, 0.1) is 12.3 Å². The van der Waals surface area contributed by atoms with Gasteiger partial charge < -0.3 is 15.0 Å². The van der Waals surface area contributed by atoms with Gasteiger partial charge in [0.25, 0.3) is 0 Å². The summed E-state index contributed by atoms with van der Waals surface area (Å²) in [5.41, 5.74) is 6.56. The summed E-state index contributed by atoms with van der Waals surface area (Å²) in [5, 5.41) is 0.594. The maximum Gasteiger partial charge on any atom is 0.195 e. The first-order valence-electron chi connectivity index (χ1n) is 7.55. The van der Waals surface area contributed by atoms with E-state index in [4.69, 9.17) is 16.9 Å². The van der Waals surface area contributed by atoms with E-state index < -0.39 is 0 Å². The highest BCUT2D eigenvalue weighted by Crippen LogP contribution is 2.37. The molecule has 0 saturated carbocycles. The third-order valence-electron chi connectivity index (χ3n) is 3.52. The summed E-state index contributed by atoms with van der Waals surface area (Å²) in [6.45, 7) is 0.719. The van der Waals surface area contributed by atoms with Crippen molar-refractivity contribution < 1.29 is 4.74 Å². The molecule has 128 valence electrons. The molecular formula is C17H16BrN5OS. The van der Waals surface area contributed by atoms with Crippen LogP contribution in [0.25, 0.3) is 11.5 Å². The van der Waals surface area contributed by atoms with E-state index >= 15 is 0 Å². The molecule has 0 fully saturated rings. The number of aromatic nitrogens is 4. The fraction of sp³-hybridized carbons (Fsp3) is 0.235. The van der Waals surface area contributed by atoms with Crippen LogP contribution in [0.3, 0.4) is 0 Å². The summed E-state index contributed by atoms with van der Waals surface area (Å²) in [6.07, 6.45) is 8.54. The minimum absolute atomic E-state index is 0.365. The van der Waals surface area contributed by atoms with Crippen molar-refractivity contribution in [2.45, 2.75) is 29.4 Å². The van der Waals surface area contributed by atoms with Gasteiger partial charge in [0.15, 0.2) is 22.5 Å². The summed E-state index contributed by atoms with van der Waals surface area (Å²) in [5.74, 6) is 4.47. The fourth-order valence-corrected chi connectivity index (χ4v) is 3.74. The average molecular weight is 418 g/mol. The standard InChI is InChI=1S/C17H16BrN5OS/c1-3-4-5-8-23-10-20-15(19)14-16(23)22-17(21-14)25-13-9-11(18)6-7-12(13)24-2/h1,6-7,9-10H,4-5,8,19H2,2H3. The van der Waals surface area contributed by atoms with Crippen LogP contribution in [0.1, 0.15) is 12.8 Å². The molecule has 1 aromatic carbocycles. The monoisotopic (exact) mass is 417 g/mol. The van der Waals surface area contributed by atoms with E-state index in [9.17, 15) is 0 Å². The summed E-state index contributed by atoms with van der Waals surface area (Å²) < 4.78 is 8.29. The Morgan fingerprint density at radius 3 is 3.00 bits per heavy atom. The first kappa shape index (κ1) is 17.6. The molecule has 2 aliphatic heterocycles. The van der Waals surface area contributed by atoms with Crippen molar-refractivity contribution >= 4 is 33.5 Å². The van der Waals surface area contributed by atoms with Crippen molar-refractivity contribution in [3.05, 3.63) is 29.0 Å². The third kappa shape index (κ3) is 3.89. The zero-order valence-electron chi connectivity index (χ0n) is 13.6.